The van der Waals surface area contributed by atoms with Crippen LogP contribution in [0.1, 0.15) is 17.7 Å². The van der Waals surface area contributed by atoms with Crippen LogP contribution in [-0.2, 0) is 17.4 Å². The molecule has 0 aliphatic carbocycles. The van der Waals surface area contributed by atoms with Crippen LogP contribution < -0.4 is 11.1 Å². The molecule has 0 unspecified atom stereocenters. The Hall–Kier alpha value is -1.35. The van der Waals surface area contributed by atoms with Gasteiger partial charge >= 0.3 is 6.18 Å². The van der Waals surface area contributed by atoms with Gasteiger partial charge in [-0.25, -0.2) is 4.98 Å². The van der Waals surface area contributed by atoms with Gasteiger partial charge in [-0.05, 0) is 25.1 Å². The van der Waals surface area contributed by atoms with Crippen LogP contribution in [0.2, 0.25) is 0 Å². The van der Waals surface area contributed by atoms with Crippen LogP contribution in [0.15, 0.2) is 29.6 Å². The summed E-state index contributed by atoms with van der Waals surface area (Å²) in [7, 11) is 0. The van der Waals surface area contributed by atoms with Gasteiger partial charge < -0.3 is 11.1 Å². The molecule has 2 aromatic rings. The lowest BCUT2D eigenvalue weighted by Gasteiger charge is -2.07. The van der Waals surface area contributed by atoms with Gasteiger partial charge in [0.05, 0.1) is 17.7 Å². The highest BCUT2D eigenvalue weighted by Gasteiger charge is 2.30. The Labute approximate surface area is 159 Å². The van der Waals surface area contributed by atoms with E-state index in [4.69, 9.17) is 5.73 Å². The number of nitrogens with two attached hydrogens (primary N) is 1. The first-order valence-electron chi connectivity index (χ1n) is 6.99. The third-order valence-corrected chi connectivity index (χ3v) is 3.97. The summed E-state index contributed by atoms with van der Waals surface area (Å²) in [6.45, 7) is 0.997. The van der Waals surface area contributed by atoms with Crippen LogP contribution in [-0.4, -0.2) is 24.0 Å². The van der Waals surface area contributed by atoms with Crippen molar-refractivity contribution in [1.82, 2.24) is 10.3 Å². The fourth-order valence-corrected chi connectivity index (χ4v) is 2.72. The molecule has 0 saturated carbocycles. The third-order valence-electron chi connectivity index (χ3n) is 3.03. The first-order chi connectivity index (χ1) is 10.9. The number of aromatic nitrogens is 1. The predicted molar refractivity (Wildman–Crippen MR) is 97.4 cm³/mol. The number of amides is 1. The van der Waals surface area contributed by atoms with Gasteiger partial charge in [0.1, 0.15) is 5.01 Å². The van der Waals surface area contributed by atoms with E-state index in [1.165, 1.54) is 17.4 Å². The molecule has 140 valence electrons. The Balaban J connectivity index is 0.00000288. The van der Waals surface area contributed by atoms with E-state index in [-0.39, 0.29) is 37.1 Å². The Morgan fingerprint density at radius 3 is 2.64 bits per heavy atom. The Morgan fingerprint density at radius 1 is 1.28 bits per heavy atom. The molecule has 10 heteroatoms. The first-order valence-corrected chi connectivity index (χ1v) is 7.87. The zero-order chi connectivity index (χ0) is 16.9. The minimum Gasteiger partial charge on any atom is -0.356 e. The number of nitrogens with one attached hydrogen (secondary N) is 1. The van der Waals surface area contributed by atoms with Crippen LogP contribution in [0.25, 0.3) is 10.6 Å². The van der Waals surface area contributed by atoms with Crippen molar-refractivity contribution in [1.29, 1.82) is 0 Å². The monoisotopic (exact) mass is 415 g/mol. The van der Waals surface area contributed by atoms with Crippen molar-refractivity contribution in [3.8, 4) is 10.6 Å². The standard InChI is InChI=1S/C15H16F3N3OS.2ClH/c16-15(17,18)11-4-1-3-10(7-11)14-21-12(9-23-14)8-13(22)20-6-2-5-19;;/h1,3-4,7,9H,2,5-6,8,19H2,(H,20,22);2*1H. The van der Waals surface area contributed by atoms with Crippen LogP contribution in [0.4, 0.5) is 13.2 Å². The Bertz CT molecular complexity index is 680. The second kappa shape index (κ2) is 10.6. The second-order valence-corrected chi connectivity index (χ2v) is 5.75. The maximum absolute atomic E-state index is 12.7. The average Bonchev–Trinajstić information content (AvgIpc) is 2.95. The summed E-state index contributed by atoms with van der Waals surface area (Å²) in [5.41, 5.74) is 5.54. The number of rotatable bonds is 6. The van der Waals surface area contributed by atoms with Gasteiger partial charge in [0.2, 0.25) is 5.91 Å². The zero-order valence-electron chi connectivity index (χ0n) is 13.0. The van der Waals surface area contributed by atoms with Crippen molar-refractivity contribution in [2.45, 2.75) is 19.0 Å². The highest BCUT2D eigenvalue weighted by atomic mass is 35.5. The van der Waals surface area contributed by atoms with E-state index in [2.05, 4.69) is 10.3 Å². The quantitative estimate of drug-likeness (QED) is 0.706. The van der Waals surface area contributed by atoms with E-state index >= 15 is 0 Å². The van der Waals surface area contributed by atoms with E-state index in [0.717, 1.165) is 12.1 Å². The molecule has 0 fully saturated rings. The molecule has 0 aliphatic heterocycles. The summed E-state index contributed by atoms with van der Waals surface area (Å²) < 4.78 is 38.2. The summed E-state index contributed by atoms with van der Waals surface area (Å²) in [5, 5.41) is 4.84. The average molecular weight is 416 g/mol. The lowest BCUT2D eigenvalue weighted by molar-refractivity contribution is -0.137. The van der Waals surface area contributed by atoms with E-state index in [1.54, 1.807) is 11.4 Å². The molecule has 0 spiro atoms. The maximum atomic E-state index is 12.7. The fraction of sp³-hybridized carbons (Fsp3) is 0.333. The normalized spacial score (nSPS) is 10.6. The molecule has 25 heavy (non-hydrogen) atoms. The fourth-order valence-electron chi connectivity index (χ4n) is 1.91. The number of halogens is 5. The molecule has 2 rings (SSSR count). The number of nitrogens with zero attached hydrogens (tertiary/aromatic N) is 1. The maximum Gasteiger partial charge on any atom is 0.416 e. The largest absolute Gasteiger partial charge is 0.416 e. The zero-order valence-corrected chi connectivity index (χ0v) is 15.5. The van der Waals surface area contributed by atoms with Crippen LogP contribution in [0, 0.1) is 0 Å². The highest BCUT2D eigenvalue weighted by molar-refractivity contribution is 7.13. The molecule has 1 amide bonds. The van der Waals surface area contributed by atoms with Gasteiger partial charge in [0.15, 0.2) is 0 Å². The predicted octanol–water partition coefficient (Wildman–Crippen LogP) is 3.68. The first kappa shape index (κ1) is 23.6. The minimum atomic E-state index is -4.39. The molecule has 1 aromatic heterocycles. The molecule has 0 atom stereocenters. The number of hydrogen-bond donors (Lipinski definition) is 2. The van der Waals surface area contributed by atoms with Crippen molar-refractivity contribution in [3.63, 3.8) is 0 Å². The number of alkyl halides is 3. The molecule has 0 bridgehead atoms. The molecule has 1 aromatic carbocycles. The summed E-state index contributed by atoms with van der Waals surface area (Å²) in [6.07, 6.45) is -3.60. The van der Waals surface area contributed by atoms with Crippen molar-refractivity contribution < 1.29 is 18.0 Å². The number of benzene rings is 1. The van der Waals surface area contributed by atoms with Gasteiger partial charge in [-0.15, -0.1) is 36.2 Å². The number of thiazole rings is 1. The smallest absolute Gasteiger partial charge is 0.356 e. The molecule has 3 N–H and O–H groups in total. The van der Waals surface area contributed by atoms with E-state index in [9.17, 15) is 18.0 Å². The van der Waals surface area contributed by atoms with Gasteiger partial charge in [-0.2, -0.15) is 13.2 Å². The second-order valence-electron chi connectivity index (χ2n) is 4.89. The lowest BCUT2D eigenvalue weighted by Crippen LogP contribution is -2.27. The summed E-state index contributed by atoms with van der Waals surface area (Å²) in [4.78, 5) is 15.9. The molecule has 0 saturated heterocycles. The van der Waals surface area contributed by atoms with Crippen LogP contribution >= 0.6 is 36.2 Å². The van der Waals surface area contributed by atoms with Gasteiger partial charge in [0.25, 0.3) is 0 Å². The molecule has 0 radical (unpaired) electrons. The lowest BCUT2D eigenvalue weighted by atomic mass is 10.1. The van der Waals surface area contributed by atoms with E-state index < -0.39 is 11.7 Å². The van der Waals surface area contributed by atoms with Crippen molar-refractivity contribution >= 4 is 42.1 Å². The van der Waals surface area contributed by atoms with Crippen LogP contribution in [0.5, 0.6) is 0 Å². The molecule has 1 heterocycles. The van der Waals surface area contributed by atoms with Gasteiger partial charge in [-0.1, -0.05) is 12.1 Å². The summed E-state index contributed by atoms with van der Waals surface area (Å²) >= 11 is 1.21. The molecule has 0 aliphatic rings. The topological polar surface area (TPSA) is 68.0 Å². The van der Waals surface area contributed by atoms with Gasteiger partial charge in [-0.3, -0.25) is 4.79 Å². The highest BCUT2D eigenvalue weighted by Crippen LogP contribution is 2.33. The van der Waals surface area contributed by atoms with Crippen LogP contribution in [0.3, 0.4) is 0 Å². The number of carbonyl (C=O) groups excluding carboxylic acids is 1. The summed E-state index contributed by atoms with van der Waals surface area (Å²) in [5.74, 6) is -0.181. The van der Waals surface area contributed by atoms with Crippen molar-refractivity contribution in [3.05, 3.63) is 40.9 Å². The Morgan fingerprint density at radius 2 is 2.00 bits per heavy atom. The Kier molecular flexibility index (Phi) is 10.0. The molecule has 4 nitrogen and oxygen atoms in total. The number of carbonyl (C=O) groups is 1. The van der Waals surface area contributed by atoms with Crippen molar-refractivity contribution in [2.24, 2.45) is 5.73 Å². The molecular formula is C15H18Cl2F3N3OS. The minimum absolute atomic E-state index is 0. The molecular weight excluding hydrogens is 398 g/mol. The van der Waals surface area contributed by atoms with E-state index in [0.29, 0.717) is 35.8 Å². The third kappa shape index (κ3) is 7.19. The number of hydrogen-bond acceptors (Lipinski definition) is 4. The van der Waals surface area contributed by atoms with E-state index in [1.807, 2.05) is 0 Å². The van der Waals surface area contributed by atoms with Gasteiger partial charge in [0, 0.05) is 17.5 Å². The van der Waals surface area contributed by atoms with Crippen molar-refractivity contribution in [2.75, 3.05) is 13.1 Å². The summed E-state index contributed by atoms with van der Waals surface area (Å²) in [6, 6.07) is 4.99. The SMILES string of the molecule is Cl.Cl.NCCCNC(=O)Cc1csc(-c2cccc(C(F)(F)F)c2)n1.